The highest BCUT2D eigenvalue weighted by Crippen LogP contribution is 2.38. The van der Waals surface area contributed by atoms with Crippen LogP contribution in [0.3, 0.4) is 0 Å². The molecule has 0 bridgehead atoms. The molecule has 1 saturated heterocycles. The van der Waals surface area contributed by atoms with Gasteiger partial charge < -0.3 is 10.2 Å². The number of benzene rings is 3. The van der Waals surface area contributed by atoms with Crippen LogP contribution in [0.5, 0.6) is 5.75 Å². The standard InChI is InChI=1S/C28H24ClF3N2O2/c29-22-5-6-24-23(8-11-33-25(24)16-22)18-4-7-26(35)19(14-18)17-34-12-9-27(36,10-13-34)20-2-1-3-21(15-20)28(30,31)32/h1-8,11,14-16,35-36H,9-10,12-13,17H2. The van der Waals surface area contributed by atoms with Gasteiger partial charge in [0.2, 0.25) is 0 Å². The van der Waals surface area contributed by atoms with Gasteiger partial charge in [0.1, 0.15) is 5.75 Å². The Morgan fingerprint density at radius 1 is 0.972 bits per heavy atom. The van der Waals surface area contributed by atoms with Crippen molar-refractivity contribution in [1.29, 1.82) is 0 Å². The van der Waals surface area contributed by atoms with Gasteiger partial charge in [-0.3, -0.25) is 9.88 Å². The van der Waals surface area contributed by atoms with E-state index >= 15 is 0 Å². The van der Waals surface area contributed by atoms with E-state index in [1.165, 1.54) is 6.07 Å². The molecular weight excluding hydrogens is 489 g/mol. The molecule has 0 spiro atoms. The van der Waals surface area contributed by atoms with Crippen molar-refractivity contribution in [2.75, 3.05) is 13.1 Å². The number of alkyl halides is 3. The fourth-order valence-corrected chi connectivity index (χ4v) is 5.01. The predicted molar refractivity (Wildman–Crippen MR) is 134 cm³/mol. The van der Waals surface area contributed by atoms with Gasteiger partial charge in [0.05, 0.1) is 16.7 Å². The van der Waals surface area contributed by atoms with Crippen molar-refractivity contribution < 1.29 is 23.4 Å². The SMILES string of the molecule is Oc1ccc(-c2ccnc3cc(Cl)ccc23)cc1CN1CCC(O)(c2cccc(C(F)(F)F)c2)CC1. The minimum absolute atomic E-state index is 0.166. The van der Waals surface area contributed by atoms with Gasteiger partial charge in [-0.15, -0.1) is 0 Å². The number of rotatable bonds is 4. The summed E-state index contributed by atoms with van der Waals surface area (Å²) < 4.78 is 39.4. The maximum atomic E-state index is 13.1. The highest BCUT2D eigenvalue weighted by molar-refractivity contribution is 6.31. The first-order chi connectivity index (χ1) is 17.1. The molecule has 0 aliphatic carbocycles. The van der Waals surface area contributed by atoms with Crippen LogP contribution in [-0.4, -0.2) is 33.2 Å². The third kappa shape index (κ3) is 4.91. The molecule has 8 heteroatoms. The Balaban J connectivity index is 1.34. The molecule has 0 saturated carbocycles. The summed E-state index contributed by atoms with van der Waals surface area (Å²) in [5, 5.41) is 23.2. The summed E-state index contributed by atoms with van der Waals surface area (Å²) in [5.74, 6) is 0.166. The maximum absolute atomic E-state index is 13.1. The van der Waals surface area contributed by atoms with Gasteiger partial charge in [0.15, 0.2) is 0 Å². The van der Waals surface area contributed by atoms with Crippen molar-refractivity contribution in [1.82, 2.24) is 9.88 Å². The largest absolute Gasteiger partial charge is 0.508 e. The van der Waals surface area contributed by atoms with E-state index in [0.29, 0.717) is 37.5 Å². The Morgan fingerprint density at radius 3 is 2.50 bits per heavy atom. The van der Waals surface area contributed by atoms with E-state index in [4.69, 9.17) is 11.6 Å². The van der Waals surface area contributed by atoms with Gasteiger partial charge in [-0.2, -0.15) is 13.2 Å². The van der Waals surface area contributed by atoms with E-state index in [9.17, 15) is 23.4 Å². The number of aliphatic hydroxyl groups is 1. The van der Waals surface area contributed by atoms with Crippen molar-refractivity contribution in [3.05, 3.63) is 94.6 Å². The quantitative estimate of drug-likeness (QED) is 0.317. The molecule has 4 aromatic rings. The van der Waals surface area contributed by atoms with E-state index < -0.39 is 17.3 Å². The molecule has 1 fully saturated rings. The second-order valence-corrected chi connectivity index (χ2v) is 9.69. The fraction of sp³-hybridized carbons (Fsp3) is 0.250. The number of phenols is 1. The zero-order valence-electron chi connectivity index (χ0n) is 19.3. The molecule has 2 N–H and O–H groups in total. The summed E-state index contributed by atoms with van der Waals surface area (Å²) in [7, 11) is 0. The van der Waals surface area contributed by atoms with Crippen LogP contribution in [0.1, 0.15) is 29.5 Å². The van der Waals surface area contributed by atoms with E-state index in [1.54, 1.807) is 24.4 Å². The Bertz CT molecular complexity index is 1420. The topological polar surface area (TPSA) is 56.6 Å². The molecule has 0 radical (unpaired) electrons. The number of hydrogen-bond donors (Lipinski definition) is 2. The number of aromatic hydroxyl groups is 1. The molecule has 0 atom stereocenters. The smallest absolute Gasteiger partial charge is 0.416 e. The van der Waals surface area contributed by atoms with Crippen LogP contribution in [0, 0.1) is 0 Å². The van der Waals surface area contributed by atoms with Crippen molar-refractivity contribution in [2.24, 2.45) is 0 Å². The summed E-state index contributed by atoms with van der Waals surface area (Å²) in [4.78, 5) is 6.48. The van der Waals surface area contributed by atoms with E-state index in [1.807, 2.05) is 30.3 Å². The molecule has 1 aliphatic heterocycles. The van der Waals surface area contributed by atoms with Crippen molar-refractivity contribution >= 4 is 22.5 Å². The summed E-state index contributed by atoms with van der Waals surface area (Å²) >= 11 is 6.11. The van der Waals surface area contributed by atoms with E-state index in [2.05, 4.69) is 9.88 Å². The molecule has 186 valence electrons. The molecule has 36 heavy (non-hydrogen) atoms. The third-order valence-electron chi connectivity index (χ3n) is 6.90. The summed E-state index contributed by atoms with van der Waals surface area (Å²) in [6.07, 6.45) is -2.14. The molecule has 0 unspecified atom stereocenters. The first-order valence-corrected chi connectivity index (χ1v) is 12.0. The van der Waals surface area contributed by atoms with Gasteiger partial charge >= 0.3 is 6.18 Å². The van der Waals surface area contributed by atoms with Crippen molar-refractivity contribution in [3.63, 3.8) is 0 Å². The average molecular weight is 513 g/mol. The number of aromatic nitrogens is 1. The van der Waals surface area contributed by atoms with Gasteiger partial charge in [0.25, 0.3) is 0 Å². The molecule has 4 nitrogen and oxygen atoms in total. The minimum atomic E-state index is -4.46. The number of halogens is 4. The van der Waals surface area contributed by atoms with Crippen molar-refractivity contribution in [3.8, 4) is 16.9 Å². The lowest BCUT2D eigenvalue weighted by Crippen LogP contribution is -2.42. The number of phenolic OH excluding ortho intramolecular Hbond substituents is 1. The lowest BCUT2D eigenvalue weighted by atomic mass is 9.83. The van der Waals surface area contributed by atoms with Crippen LogP contribution in [0.4, 0.5) is 13.2 Å². The van der Waals surface area contributed by atoms with Gasteiger partial charge in [0, 0.05) is 41.8 Å². The minimum Gasteiger partial charge on any atom is -0.508 e. The van der Waals surface area contributed by atoms with Gasteiger partial charge in [-0.25, -0.2) is 0 Å². The van der Waals surface area contributed by atoms with Crippen LogP contribution < -0.4 is 0 Å². The highest BCUT2D eigenvalue weighted by Gasteiger charge is 2.37. The van der Waals surface area contributed by atoms with E-state index in [0.717, 1.165) is 39.7 Å². The Hall–Kier alpha value is -3.13. The summed E-state index contributed by atoms with van der Waals surface area (Å²) in [6.45, 7) is 1.41. The number of hydrogen-bond acceptors (Lipinski definition) is 4. The van der Waals surface area contributed by atoms with Gasteiger partial charge in [-0.05, 0) is 72.0 Å². The third-order valence-corrected chi connectivity index (χ3v) is 7.13. The fourth-order valence-electron chi connectivity index (χ4n) is 4.85. The number of nitrogens with zero attached hydrogens (tertiary/aromatic N) is 2. The second kappa shape index (κ2) is 9.39. The summed E-state index contributed by atoms with van der Waals surface area (Å²) in [5.41, 5.74) is 1.61. The molecule has 3 aromatic carbocycles. The average Bonchev–Trinajstić information content (AvgIpc) is 2.86. The number of fused-ring (bicyclic) bond motifs is 1. The molecule has 1 aromatic heterocycles. The molecular formula is C28H24ClF3N2O2. The monoisotopic (exact) mass is 512 g/mol. The lowest BCUT2D eigenvalue weighted by molar-refractivity contribution is -0.137. The van der Waals surface area contributed by atoms with Crippen LogP contribution in [0.25, 0.3) is 22.0 Å². The van der Waals surface area contributed by atoms with Gasteiger partial charge in [-0.1, -0.05) is 35.9 Å². The van der Waals surface area contributed by atoms with Crippen molar-refractivity contribution in [2.45, 2.75) is 31.2 Å². The van der Waals surface area contributed by atoms with Crippen LogP contribution in [0.2, 0.25) is 5.02 Å². The molecule has 0 amide bonds. The molecule has 2 heterocycles. The lowest BCUT2D eigenvalue weighted by Gasteiger charge is -2.39. The first kappa shape index (κ1) is 24.6. The zero-order chi connectivity index (χ0) is 25.5. The Kier molecular flexibility index (Phi) is 6.41. The predicted octanol–water partition coefficient (Wildman–Crippen LogP) is 6.76. The normalized spacial score (nSPS) is 16.4. The first-order valence-electron chi connectivity index (χ1n) is 11.6. The number of piperidine rings is 1. The number of pyridine rings is 1. The highest BCUT2D eigenvalue weighted by atomic mass is 35.5. The number of likely N-dealkylation sites (tertiary alicyclic amines) is 1. The Labute approximate surface area is 211 Å². The van der Waals surface area contributed by atoms with Crippen LogP contribution in [0.15, 0.2) is 72.9 Å². The molecule has 1 aliphatic rings. The van der Waals surface area contributed by atoms with E-state index in [-0.39, 0.29) is 11.3 Å². The van der Waals surface area contributed by atoms with Crippen LogP contribution >= 0.6 is 11.6 Å². The maximum Gasteiger partial charge on any atom is 0.416 e. The zero-order valence-corrected chi connectivity index (χ0v) is 20.0. The van der Waals surface area contributed by atoms with Crippen LogP contribution in [-0.2, 0) is 18.3 Å². The summed E-state index contributed by atoms with van der Waals surface area (Å²) in [6, 6.07) is 17.8. The second-order valence-electron chi connectivity index (χ2n) is 9.25. The molecule has 5 rings (SSSR count). The Morgan fingerprint density at radius 2 is 1.75 bits per heavy atom.